The van der Waals surface area contributed by atoms with E-state index in [0.29, 0.717) is 18.7 Å². The SMILES string of the molecule is COc1ccc(S(=O)(=O)NCCc2ccc(N3CCOCC3)cc2)cc1C. The van der Waals surface area contributed by atoms with Crippen LogP contribution in [-0.2, 0) is 21.2 Å². The first-order valence-electron chi connectivity index (χ1n) is 9.05. The number of aryl methyl sites for hydroxylation is 1. The van der Waals surface area contributed by atoms with Crippen molar-refractivity contribution in [2.75, 3.05) is 44.9 Å². The highest BCUT2D eigenvalue weighted by Gasteiger charge is 2.15. The van der Waals surface area contributed by atoms with E-state index in [9.17, 15) is 8.42 Å². The summed E-state index contributed by atoms with van der Waals surface area (Å²) in [5.41, 5.74) is 3.07. The van der Waals surface area contributed by atoms with Gasteiger partial charge in [0.15, 0.2) is 0 Å². The molecule has 2 aromatic carbocycles. The van der Waals surface area contributed by atoms with Crippen LogP contribution in [0.2, 0.25) is 0 Å². The third-order valence-corrected chi connectivity index (χ3v) is 6.15. The molecule has 1 saturated heterocycles. The van der Waals surface area contributed by atoms with E-state index in [1.807, 2.05) is 6.92 Å². The van der Waals surface area contributed by atoms with Gasteiger partial charge in [0.05, 0.1) is 25.2 Å². The lowest BCUT2D eigenvalue weighted by atomic mass is 10.1. The van der Waals surface area contributed by atoms with E-state index >= 15 is 0 Å². The van der Waals surface area contributed by atoms with Crippen molar-refractivity contribution in [3.8, 4) is 5.75 Å². The molecular formula is C20H26N2O4S. The lowest BCUT2D eigenvalue weighted by Gasteiger charge is -2.28. The fourth-order valence-electron chi connectivity index (χ4n) is 3.13. The fourth-order valence-corrected chi connectivity index (χ4v) is 4.24. The molecule has 0 amide bonds. The van der Waals surface area contributed by atoms with Crippen molar-refractivity contribution in [2.24, 2.45) is 0 Å². The van der Waals surface area contributed by atoms with Crippen LogP contribution >= 0.6 is 0 Å². The van der Waals surface area contributed by atoms with Crippen molar-refractivity contribution in [3.05, 3.63) is 53.6 Å². The topological polar surface area (TPSA) is 67.9 Å². The monoisotopic (exact) mass is 390 g/mol. The van der Waals surface area contributed by atoms with E-state index in [1.54, 1.807) is 25.3 Å². The summed E-state index contributed by atoms with van der Waals surface area (Å²) < 4.78 is 38.2. The summed E-state index contributed by atoms with van der Waals surface area (Å²) in [6.07, 6.45) is 0.637. The number of nitrogens with zero attached hydrogens (tertiary/aromatic N) is 1. The second-order valence-electron chi connectivity index (χ2n) is 6.55. The number of methoxy groups -OCH3 is 1. The number of morpholine rings is 1. The van der Waals surface area contributed by atoms with Crippen molar-refractivity contribution >= 4 is 15.7 Å². The number of hydrogen-bond acceptors (Lipinski definition) is 5. The summed E-state index contributed by atoms with van der Waals surface area (Å²) in [7, 11) is -1.96. The zero-order chi connectivity index (χ0) is 19.3. The maximum absolute atomic E-state index is 12.5. The first kappa shape index (κ1) is 19.7. The molecule has 0 unspecified atom stereocenters. The van der Waals surface area contributed by atoms with Crippen molar-refractivity contribution in [1.29, 1.82) is 0 Å². The Kier molecular flexibility index (Phi) is 6.36. The number of hydrogen-bond donors (Lipinski definition) is 1. The molecule has 0 aliphatic carbocycles. The number of nitrogens with one attached hydrogen (secondary N) is 1. The van der Waals surface area contributed by atoms with Crippen LogP contribution in [0.4, 0.5) is 5.69 Å². The third-order valence-electron chi connectivity index (χ3n) is 4.69. The Hall–Kier alpha value is -2.09. The predicted octanol–water partition coefficient (Wildman–Crippen LogP) is 2.36. The summed E-state index contributed by atoms with van der Waals surface area (Å²) in [4.78, 5) is 2.55. The molecule has 0 bridgehead atoms. The summed E-state index contributed by atoms with van der Waals surface area (Å²) in [5.74, 6) is 0.675. The van der Waals surface area contributed by atoms with E-state index in [0.717, 1.165) is 37.4 Å². The van der Waals surface area contributed by atoms with Gasteiger partial charge < -0.3 is 14.4 Å². The van der Waals surface area contributed by atoms with E-state index in [4.69, 9.17) is 9.47 Å². The average molecular weight is 391 g/mol. The van der Waals surface area contributed by atoms with Gasteiger partial charge in [0, 0.05) is 25.3 Å². The van der Waals surface area contributed by atoms with Gasteiger partial charge in [-0.2, -0.15) is 0 Å². The van der Waals surface area contributed by atoms with Gasteiger partial charge in [0.1, 0.15) is 5.75 Å². The van der Waals surface area contributed by atoms with Gasteiger partial charge in [-0.3, -0.25) is 0 Å². The summed E-state index contributed by atoms with van der Waals surface area (Å²) in [6, 6.07) is 13.1. The zero-order valence-corrected chi connectivity index (χ0v) is 16.6. The standard InChI is InChI=1S/C20H26N2O4S/c1-16-15-19(7-8-20(16)25-2)27(23,24)21-10-9-17-3-5-18(6-4-17)22-11-13-26-14-12-22/h3-8,15,21H,9-14H2,1-2H3. The van der Waals surface area contributed by atoms with Crippen LogP contribution in [0, 0.1) is 6.92 Å². The van der Waals surface area contributed by atoms with Gasteiger partial charge >= 0.3 is 0 Å². The third kappa shape index (κ3) is 5.00. The zero-order valence-electron chi connectivity index (χ0n) is 15.8. The van der Waals surface area contributed by atoms with Gasteiger partial charge in [-0.1, -0.05) is 12.1 Å². The smallest absolute Gasteiger partial charge is 0.240 e. The minimum atomic E-state index is -3.53. The Morgan fingerprint density at radius 1 is 1.11 bits per heavy atom. The second-order valence-corrected chi connectivity index (χ2v) is 8.31. The fraction of sp³-hybridized carbons (Fsp3) is 0.400. The van der Waals surface area contributed by atoms with Crippen molar-refractivity contribution in [2.45, 2.75) is 18.2 Å². The molecule has 1 aliphatic rings. The molecule has 7 heteroatoms. The minimum absolute atomic E-state index is 0.253. The molecule has 0 saturated carbocycles. The van der Waals surface area contributed by atoms with Crippen LogP contribution < -0.4 is 14.4 Å². The van der Waals surface area contributed by atoms with E-state index < -0.39 is 10.0 Å². The number of sulfonamides is 1. The molecule has 1 heterocycles. The number of benzene rings is 2. The average Bonchev–Trinajstić information content (AvgIpc) is 2.69. The largest absolute Gasteiger partial charge is 0.496 e. The van der Waals surface area contributed by atoms with Crippen molar-refractivity contribution < 1.29 is 17.9 Å². The Morgan fingerprint density at radius 3 is 2.44 bits per heavy atom. The first-order chi connectivity index (χ1) is 13.0. The molecule has 1 fully saturated rings. The van der Waals surface area contributed by atoms with Gasteiger partial charge in [0.25, 0.3) is 0 Å². The molecule has 146 valence electrons. The van der Waals surface area contributed by atoms with E-state index in [2.05, 4.69) is 33.9 Å². The van der Waals surface area contributed by atoms with Gasteiger partial charge in [-0.25, -0.2) is 13.1 Å². The van der Waals surface area contributed by atoms with Crippen molar-refractivity contribution in [3.63, 3.8) is 0 Å². The highest BCUT2D eigenvalue weighted by Crippen LogP contribution is 2.21. The predicted molar refractivity (Wildman–Crippen MR) is 106 cm³/mol. The Bertz CT molecular complexity index is 860. The highest BCUT2D eigenvalue weighted by molar-refractivity contribution is 7.89. The molecule has 0 spiro atoms. The second kappa shape index (κ2) is 8.73. The molecule has 0 atom stereocenters. The number of anilines is 1. The summed E-state index contributed by atoms with van der Waals surface area (Å²) in [6.45, 7) is 5.50. The van der Waals surface area contributed by atoms with Gasteiger partial charge in [0.2, 0.25) is 10.0 Å². The summed E-state index contributed by atoms with van der Waals surface area (Å²) >= 11 is 0. The van der Waals surface area contributed by atoms with Crippen LogP contribution in [0.5, 0.6) is 5.75 Å². The molecule has 0 radical (unpaired) electrons. The van der Waals surface area contributed by atoms with E-state index in [-0.39, 0.29) is 4.90 Å². The lowest BCUT2D eigenvalue weighted by molar-refractivity contribution is 0.122. The van der Waals surface area contributed by atoms with Crippen LogP contribution in [0.1, 0.15) is 11.1 Å². The van der Waals surface area contributed by atoms with Gasteiger partial charge in [-0.05, 0) is 54.8 Å². The molecule has 1 aliphatic heterocycles. The minimum Gasteiger partial charge on any atom is -0.496 e. The number of rotatable bonds is 7. The first-order valence-corrected chi connectivity index (χ1v) is 10.5. The molecule has 0 aromatic heterocycles. The molecule has 27 heavy (non-hydrogen) atoms. The maximum Gasteiger partial charge on any atom is 0.240 e. The van der Waals surface area contributed by atoms with Crippen molar-refractivity contribution in [1.82, 2.24) is 4.72 Å². The quantitative estimate of drug-likeness (QED) is 0.786. The highest BCUT2D eigenvalue weighted by atomic mass is 32.2. The van der Waals surface area contributed by atoms with E-state index in [1.165, 1.54) is 5.69 Å². The van der Waals surface area contributed by atoms with Crippen LogP contribution in [0.25, 0.3) is 0 Å². The number of ether oxygens (including phenoxy) is 2. The van der Waals surface area contributed by atoms with Crippen LogP contribution in [0.3, 0.4) is 0 Å². The molecule has 3 rings (SSSR count). The van der Waals surface area contributed by atoms with Crippen LogP contribution in [0.15, 0.2) is 47.4 Å². The normalized spacial score (nSPS) is 15.0. The van der Waals surface area contributed by atoms with Gasteiger partial charge in [-0.15, -0.1) is 0 Å². The Labute approximate surface area is 161 Å². The molecular weight excluding hydrogens is 364 g/mol. The summed E-state index contributed by atoms with van der Waals surface area (Å²) in [5, 5.41) is 0. The maximum atomic E-state index is 12.5. The Morgan fingerprint density at radius 2 is 1.81 bits per heavy atom. The lowest BCUT2D eigenvalue weighted by Crippen LogP contribution is -2.36. The Balaban J connectivity index is 1.56. The molecule has 2 aromatic rings. The molecule has 1 N–H and O–H groups in total. The van der Waals surface area contributed by atoms with Crippen LogP contribution in [-0.4, -0.2) is 48.4 Å². The molecule has 6 nitrogen and oxygen atoms in total.